The number of hydrogen-bond acceptors (Lipinski definition) is 3. The van der Waals surface area contributed by atoms with Crippen molar-refractivity contribution >= 4 is 15.9 Å². The Balaban J connectivity index is 2.12. The maximum Gasteiger partial charge on any atom is 0.251 e. The van der Waals surface area contributed by atoms with Crippen molar-refractivity contribution in [3.05, 3.63) is 29.8 Å². The molecule has 1 heterocycles. The number of nitrogens with zero attached hydrogens (tertiary/aromatic N) is 1. The van der Waals surface area contributed by atoms with Crippen LogP contribution in [0.3, 0.4) is 0 Å². The molecule has 1 aliphatic heterocycles. The van der Waals surface area contributed by atoms with E-state index in [4.69, 9.17) is 0 Å². The van der Waals surface area contributed by atoms with Gasteiger partial charge in [0.1, 0.15) is 0 Å². The third-order valence-corrected chi connectivity index (χ3v) is 7.01. The fourth-order valence-corrected chi connectivity index (χ4v) is 5.07. The maximum atomic E-state index is 13.0. The number of rotatable bonds is 7. The molecule has 1 aromatic carbocycles. The first-order valence-corrected chi connectivity index (χ1v) is 11.1. The summed E-state index contributed by atoms with van der Waals surface area (Å²) in [4.78, 5) is 12.7. The van der Waals surface area contributed by atoms with Gasteiger partial charge in [-0.2, -0.15) is 4.31 Å². The lowest BCUT2D eigenvalue weighted by atomic mass is 10.0. The van der Waals surface area contributed by atoms with Gasteiger partial charge in [-0.15, -0.1) is 0 Å². The third-order valence-electron chi connectivity index (χ3n) is 5.00. The van der Waals surface area contributed by atoms with Crippen molar-refractivity contribution in [2.75, 3.05) is 6.54 Å². The molecule has 0 saturated carbocycles. The molecule has 26 heavy (non-hydrogen) atoms. The summed E-state index contributed by atoms with van der Waals surface area (Å²) in [5, 5.41) is 2.97. The molecule has 1 N–H and O–H groups in total. The van der Waals surface area contributed by atoms with Crippen LogP contribution < -0.4 is 5.32 Å². The molecule has 1 aromatic rings. The number of sulfonamides is 1. The number of nitrogens with one attached hydrogen (secondary N) is 1. The highest BCUT2D eigenvalue weighted by Crippen LogP contribution is 2.25. The van der Waals surface area contributed by atoms with E-state index in [1.54, 1.807) is 22.5 Å². The van der Waals surface area contributed by atoms with Crippen LogP contribution >= 0.6 is 0 Å². The van der Waals surface area contributed by atoms with Gasteiger partial charge in [0.05, 0.1) is 4.90 Å². The Bertz CT molecular complexity index is 716. The van der Waals surface area contributed by atoms with E-state index in [1.807, 2.05) is 13.8 Å². The lowest BCUT2D eigenvalue weighted by Gasteiger charge is -2.32. The van der Waals surface area contributed by atoms with E-state index >= 15 is 0 Å². The summed E-state index contributed by atoms with van der Waals surface area (Å²) in [7, 11) is -3.56. The van der Waals surface area contributed by atoms with Gasteiger partial charge in [-0.05, 0) is 63.6 Å². The van der Waals surface area contributed by atoms with E-state index in [0.717, 1.165) is 32.1 Å². The molecule has 0 aromatic heterocycles. The van der Waals surface area contributed by atoms with Crippen molar-refractivity contribution in [3.8, 4) is 0 Å². The minimum absolute atomic E-state index is 0.00212. The molecule has 0 bridgehead atoms. The van der Waals surface area contributed by atoms with E-state index in [2.05, 4.69) is 19.2 Å². The molecule has 2 rings (SSSR count). The number of amides is 1. The minimum atomic E-state index is -3.56. The SMILES string of the molecule is CC(C)CCC(C)NC(=O)c1cccc(S(=O)(=O)N2CCCCC2C)c1. The number of piperidine rings is 1. The van der Waals surface area contributed by atoms with Crippen LogP contribution in [-0.2, 0) is 10.0 Å². The topological polar surface area (TPSA) is 66.5 Å². The van der Waals surface area contributed by atoms with Gasteiger partial charge in [0.25, 0.3) is 5.91 Å². The molecule has 2 atom stereocenters. The zero-order valence-corrected chi connectivity index (χ0v) is 17.2. The normalized spacial score (nSPS) is 20.1. The van der Waals surface area contributed by atoms with Gasteiger partial charge in [-0.1, -0.05) is 26.3 Å². The fraction of sp³-hybridized carbons (Fsp3) is 0.650. The van der Waals surface area contributed by atoms with Gasteiger partial charge < -0.3 is 5.32 Å². The molecule has 0 radical (unpaired) electrons. The number of hydrogen-bond donors (Lipinski definition) is 1. The van der Waals surface area contributed by atoms with Crippen LogP contribution in [0.2, 0.25) is 0 Å². The summed E-state index contributed by atoms with van der Waals surface area (Å²) >= 11 is 0. The zero-order chi connectivity index (χ0) is 19.3. The molecule has 146 valence electrons. The highest BCUT2D eigenvalue weighted by molar-refractivity contribution is 7.89. The molecule has 5 nitrogen and oxygen atoms in total. The fourth-order valence-electron chi connectivity index (χ4n) is 3.32. The average molecular weight is 381 g/mol. The van der Waals surface area contributed by atoms with E-state index in [-0.39, 0.29) is 22.9 Å². The van der Waals surface area contributed by atoms with E-state index < -0.39 is 10.0 Å². The average Bonchev–Trinajstić information content (AvgIpc) is 2.60. The largest absolute Gasteiger partial charge is 0.350 e. The van der Waals surface area contributed by atoms with E-state index in [1.165, 1.54) is 6.07 Å². The second-order valence-corrected chi connectivity index (χ2v) is 9.72. The van der Waals surface area contributed by atoms with Crippen LogP contribution in [0.5, 0.6) is 0 Å². The monoisotopic (exact) mass is 380 g/mol. The lowest BCUT2D eigenvalue weighted by molar-refractivity contribution is 0.0937. The Hall–Kier alpha value is -1.40. The van der Waals surface area contributed by atoms with Crippen molar-refractivity contribution in [2.45, 2.75) is 76.8 Å². The van der Waals surface area contributed by atoms with Crippen LogP contribution in [0.15, 0.2) is 29.2 Å². The van der Waals surface area contributed by atoms with Gasteiger partial charge in [0.15, 0.2) is 0 Å². The van der Waals surface area contributed by atoms with E-state index in [9.17, 15) is 13.2 Å². The molecular weight excluding hydrogens is 348 g/mol. The smallest absolute Gasteiger partial charge is 0.251 e. The van der Waals surface area contributed by atoms with Crippen molar-refractivity contribution in [2.24, 2.45) is 5.92 Å². The number of carbonyl (C=O) groups excluding carboxylic acids is 1. The van der Waals surface area contributed by atoms with Crippen molar-refractivity contribution in [1.29, 1.82) is 0 Å². The van der Waals surface area contributed by atoms with Crippen LogP contribution in [0.25, 0.3) is 0 Å². The molecule has 1 amide bonds. The highest BCUT2D eigenvalue weighted by Gasteiger charge is 2.31. The van der Waals surface area contributed by atoms with Crippen molar-refractivity contribution in [3.63, 3.8) is 0 Å². The molecule has 6 heteroatoms. The quantitative estimate of drug-likeness (QED) is 0.782. The Morgan fingerprint density at radius 3 is 2.62 bits per heavy atom. The van der Waals surface area contributed by atoms with Crippen LogP contribution in [0, 0.1) is 5.92 Å². The Labute approximate surface area is 158 Å². The molecular formula is C20H32N2O3S. The summed E-state index contributed by atoms with van der Waals surface area (Å²) in [6, 6.07) is 6.46. The predicted octanol–water partition coefficient (Wildman–Crippen LogP) is 3.80. The Morgan fingerprint density at radius 1 is 1.23 bits per heavy atom. The van der Waals surface area contributed by atoms with Crippen molar-refractivity contribution < 1.29 is 13.2 Å². The summed E-state index contributed by atoms with van der Waals surface area (Å²) in [5.74, 6) is 0.374. The van der Waals surface area contributed by atoms with Crippen molar-refractivity contribution in [1.82, 2.24) is 9.62 Å². The molecule has 0 spiro atoms. The van der Waals surface area contributed by atoms with Crippen LogP contribution in [-0.4, -0.2) is 37.3 Å². The molecule has 1 saturated heterocycles. The Kier molecular flexibility index (Phi) is 7.24. The van der Waals surface area contributed by atoms with Crippen LogP contribution in [0.1, 0.15) is 70.2 Å². The minimum Gasteiger partial charge on any atom is -0.350 e. The molecule has 1 fully saturated rings. The van der Waals surface area contributed by atoms with Gasteiger partial charge in [0, 0.05) is 24.2 Å². The number of carbonyl (C=O) groups is 1. The standard InChI is InChI=1S/C20H32N2O3S/c1-15(2)11-12-16(3)21-20(23)18-9-7-10-19(14-18)26(24,25)22-13-6-5-8-17(22)4/h7,9-10,14-17H,5-6,8,11-13H2,1-4H3,(H,21,23). The molecule has 1 aliphatic rings. The maximum absolute atomic E-state index is 13.0. The van der Waals surface area contributed by atoms with Gasteiger partial charge in [0.2, 0.25) is 10.0 Å². The number of benzene rings is 1. The lowest BCUT2D eigenvalue weighted by Crippen LogP contribution is -2.42. The first-order valence-electron chi connectivity index (χ1n) is 9.64. The summed E-state index contributed by atoms with van der Waals surface area (Å²) in [5.41, 5.74) is 0.395. The predicted molar refractivity (Wildman–Crippen MR) is 105 cm³/mol. The molecule has 2 unspecified atom stereocenters. The second-order valence-electron chi connectivity index (χ2n) is 7.83. The third kappa shape index (κ3) is 5.30. The van der Waals surface area contributed by atoms with Gasteiger partial charge >= 0.3 is 0 Å². The first-order chi connectivity index (χ1) is 12.2. The van der Waals surface area contributed by atoms with E-state index in [0.29, 0.717) is 18.0 Å². The second kappa shape index (κ2) is 9.00. The summed E-state index contributed by atoms with van der Waals surface area (Å²) in [6.07, 6.45) is 4.78. The van der Waals surface area contributed by atoms with Gasteiger partial charge in [-0.25, -0.2) is 8.42 Å². The van der Waals surface area contributed by atoms with Crippen LogP contribution in [0.4, 0.5) is 0 Å². The van der Waals surface area contributed by atoms with Gasteiger partial charge in [-0.3, -0.25) is 4.79 Å². The highest BCUT2D eigenvalue weighted by atomic mass is 32.2. The first kappa shape index (κ1) is 20.9. The molecule has 0 aliphatic carbocycles. The summed E-state index contributed by atoms with van der Waals surface area (Å²) < 4.78 is 27.5. The Morgan fingerprint density at radius 2 is 1.96 bits per heavy atom. The zero-order valence-electron chi connectivity index (χ0n) is 16.4. The summed E-state index contributed by atoms with van der Waals surface area (Å²) in [6.45, 7) is 8.79.